The Balaban J connectivity index is 1.63. The molecule has 1 aromatic rings. The Kier molecular flexibility index (Phi) is 4.76. The Morgan fingerprint density at radius 2 is 2.00 bits per heavy atom. The summed E-state index contributed by atoms with van der Waals surface area (Å²) in [6.45, 7) is 3.37. The monoisotopic (exact) mass is 292 g/mol. The summed E-state index contributed by atoms with van der Waals surface area (Å²) in [6, 6.07) is 5.37. The van der Waals surface area contributed by atoms with E-state index in [1.165, 1.54) is 12.8 Å². The average molecular weight is 292 g/mol. The van der Waals surface area contributed by atoms with Gasteiger partial charge < -0.3 is 15.3 Å². The molecule has 0 amide bonds. The lowest BCUT2D eigenvalue weighted by atomic mass is 10.1. The summed E-state index contributed by atoms with van der Waals surface area (Å²) in [4.78, 5) is 2.28. The Labute approximate surface area is 126 Å². The molecule has 1 aliphatic carbocycles. The molecule has 1 heterocycles. The van der Waals surface area contributed by atoms with E-state index >= 15 is 0 Å². The topological polar surface area (TPSA) is 35.5 Å². The van der Waals surface area contributed by atoms with Gasteiger partial charge in [-0.1, -0.05) is 12.5 Å². The largest absolute Gasteiger partial charge is 0.393 e. The highest BCUT2D eigenvalue weighted by Crippen LogP contribution is 2.28. The highest BCUT2D eigenvalue weighted by molar-refractivity contribution is 5.54. The zero-order chi connectivity index (χ0) is 14.7. The lowest BCUT2D eigenvalue weighted by Gasteiger charge is -2.23. The van der Waals surface area contributed by atoms with Gasteiger partial charge in [0, 0.05) is 37.4 Å². The van der Waals surface area contributed by atoms with Gasteiger partial charge in [-0.05, 0) is 43.7 Å². The van der Waals surface area contributed by atoms with E-state index in [9.17, 15) is 9.50 Å². The quantitative estimate of drug-likeness (QED) is 0.876. The van der Waals surface area contributed by atoms with Gasteiger partial charge in [-0.3, -0.25) is 0 Å². The van der Waals surface area contributed by atoms with Gasteiger partial charge in [-0.15, -0.1) is 0 Å². The molecule has 2 atom stereocenters. The first-order valence-electron chi connectivity index (χ1n) is 8.17. The number of aliphatic hydroxyl groups excluding tert-OH is 1. The molecule has 21 heavy (non-hydrogen) atoms. The van der Waals surface area contributed by atoms with Gasteiger partial charge in [0.15, 0.2) is 0 Å². The summed E-state index contributed by atoms with van der Waals surface area (Å²) < 4.78 is 14.2. The van der Waals surface area contributed by atoms with E-state index in [-0.39, 0.29) is 11.9 Å². The Morgan fingerprint density at radius 1 is 1.19 bits per heavy atom. The average Bonchev–Trinajstić information content (AvgIpc) is 3.13. The second-order valence-corrected chi connectivity index (χ2v) is 6.32. The van der Waals surface area contributed by atoms with Gasteiger partial charge in [0.1, 0.15) is 5.82 Å². The van der Waals surface area contributed by atoms with Crippen molar-refractivity contribution in [2.45, 2.75) is 44.8 Å². The van der Waals surface area contributed by atoms with Crippen molar-refractivity contribution in [2.75, 3.05) is 24.5 Å². The molecule has 1 aromatic carbocycles. The van der Waals surface area contributed by atoms with Crippen LogP contribution in [-0.2, 0) is 6.54 Å². The van der Waals surface area contributed by atoms with Gasteiger partial charge >= 0.3 is 0 Å². The van der Waals surface area contributed by atoms with E-state index < -0.39 is 0 Å². The fraction of sp³-hybridized carbons (Fsp3) is 0.647. The predicted octanol–water partition coefficient (Wildman–Crippen LogP) is 2.68. The first-order valence-corrected chi connectivity index (χ1v) is 8.17. The summed E-state index contributed by atoms with van der Waals surface area (Å²) in [5, 5.41) is 13.2. The molecule has 0 spiro atoms. The van der Waals surface area contributed by atoms with Crippen LogP contribution in [0.2, 0.25) is 0 Å². The highest BCUT2D eigenvalue weighted by Gasteiger charge is 2.25. The van der Waals surface area contributed by atoms with E-state index in [4.69, 9.17) is 0 Å². The molecule has 0 radical (unpaired) electrons. The number of anilines is 1. The summed E-state index contributed by atoms with van der Waals surface area (Å²) >= 11 is 0. The molecule has 2 N–H and O–H groups in total. The number of halogens is 1. The van der Waals surface area contributed by atoms with Crippen molar-refractivity contribution in [1.29, 1.82) is 0 Å². The van der Waals surface area contributed by atoms with Gasteiger partial charge in [0.05, 0.1) is 6.10 Å². The zero-order valence-corrected chi connectivity index (χ0v) is 12.5. The Morgan fingerprint density at radius 3 is 2.71 bits per heavy atom. The Hall–Kier alpha value is -1.13. The maximum absolute atomic E-state index is 14.2. The maximum Gasteiger partial charge on any atom is 0.129 e. The van der Waals surface area contributed by atoms with Crippen molar-refractivity contribution in [1.82, 2.24) is 5.32 Å². The molecule has 4 heteroatoms. The van der Waals surface area contributed by atoms with Crippen LogP contribution in [0, 0.1) is 11.7 Å². The van der Waals surface area contributed by atoms with Crippen LogP contribution in [-0.4, -0.2) is 30.8 Å². The second kappa shape index (κ2) is 6.75. The molecule has 3 nitrogen and oxygen atoms in total. The minimum Gasteiger partial charge on any atom is -0.393 e. The molecular formula is C17H25FN2O. The SMILES string of the molecule is OC1CCCC1CNCc1c(F)cccc1N1CCCC1. The van der Waals surface area contributed by atoms with Crippen LogP contribution >= 0.6 is 0 Å². The number of hydrogen-bond acceptors (Lipinski definition) is 3. The van der Waals surface area contributed by atoms with Crippen LogP contribution in [0.15, 0.2) is 18.2 Å². The number of aliphatic hydroxyl groups is 1. The van der Waals surface area contributed by atoms with Crippen molar-refractivity contribution in [3.63, 3.8) is 0 Å². The van der Waals surface area contributed by atoms with Gasteiger partial charge in [-0.25, -0.2) is 4.39 Å². The fourth-order valence-corrected chi connectivity index (χ4v) is 3.61. The van der Waals surface area contributed by atoms with Crippen molar-refractivity contribution >= 4 is 5.69 Å². The fourth-order valence-electron chi connectivity index (χ4n) is 3.61. The van der Waals surface area contributed by atoms with Crippen LogP contribution in [0.1, 0.15) is 37.7 Å². The number of nitrogens with zero attached hydrogens (tertiary/aromatic N) is 1. The molecule has 0 aromatic heterocycles. The molecule has 116 valence electrons. The smallest absolute Gasteiger partial charge is 0.129 e. The number of rotatable bonds is 5. The van der Waals surface area contributed by atoms with Crippen LogP contribution < -0.4 is 10.2 Å². The number of benzene rings is 1. The minimum absolute atomic E-state index is 0.126. The lowest BCUT2D eigenvalue weighted by molar-refractivity contribution is 0.131. The summed E-state index contributed by atoms with van der Waals surface area (Å²) in [5.74, 6) is 0.200. The first kappa shape index (κ1) is 14.8. The zero-order valence-electron chi connectivity index (χ0n) is 12.5. The summed E-state index contributed by atoms with van der Waals surface area (Å²) in [5.41, 5.74) is 1.80. The number of nitrogens with one attached hydrogen (secondary N) is 1. The normalized spacial score (nSPS) is 25.7. The molecule has 1 aliphatic heterocycles. The minimum atomic E-state index is -0.184. The third kappa shape index (κ3) is 3.38. The molecule has 2 fully saturated rings. The molecule has 3 rings (SSSR count). The van der Waals surface area contributed by atoms with Crippen molar-refractivity contribution < 1.29 is 9.50 Å². The summed E-state index contributed by atoms with van der Waals surface area (Å²) in [6.07, 6.45) is 5.29. The second-order valence-electron chi connectivity index (χ2n) is 6.32. The van der Waals surface area contributed by atoms with E-state index in [2.05, 4.69) is 10.2 Å². The maximum atomic E-state index is 14.2. The molecule has 2 unspecified atom stereocenters. The van der Waals surface area contributed by atoms with Gasteiger partial charge in [0.25, 0.3) is 0 Å². The number of hydrogen-bond donors (Lipinski definition) is 2. The predicted molar refractivity (Wildman–Crippen MR) is 82.9 cm³/mol. The van der Waals surface area contributed by atoms with Crippen LogP contribution in [0.4, 0.5) is 10.1 Å². The van der Waals surface area contributed by atoms with Crippen molar-refractivity contribution in [3.05, 3.63) is 29.6 Å². The standard InChI is InChI=1S/C17H25FN2O/c18-15-6-4-7-16(20-9-1-2-10-20)14(15)12-19-11-13-5-3-8-17(13)21/h4,6-7,13,17,19,21H,1-3,5,8-12H2. The molecule has 2 aliphatic rings. The van der Waals surface area contributed by atoms with Crippen LogP contribution in [0.25, 0.3) is 0 Å². The Bertz CT molecular complexity index is 474. The van der Waals surface area contributed by atoms with Gasteiger partial charge in [-0.2, -0.15) is 0 Å². The van der Waals surface area contributed by atoms with Gasteiger partial charge in [0.2, 0.25) is 0 Å². The van der Waals surface area contributed by atoms with E-state index in [1.54, 1.807) is 12.1 Å². The summed E-state index contributed by atoms with van der Waals surface area (Å²) in [7, 11) is 0. The van der Waals surface area contributed by atoms with E-state index in [0.29, 0.717) is 12.5 Å². The van der Waals surface area contributed by atoms with E-state index in [0.717, 1.165) is 50.1 Å². The third-order valence-corrected chi connectivity index (χ3v) is 4.87. The van der Waals surface area contributed by atoms with Crippen LogP contribution in [0.3, 0.4) is 0 Å². The highest BCUT2D eigenvalue weighted by atomic mass is 19.1. The lowest BCUT2D eigenvalue weighted by Crippen LogP contribution is -2.29. The molecule has 1 saturated carbocycles. The van der Waals surface area contributed by atoms with E-state index in [1.807, 2.05) is 6.07 Å². The first-order chi connectivity index (χ1) is 10.3. The third-order valence-electron chi connectivity index (χ3n) is 4.87. The molecule has 1 saturated heterocycles. The van der Waals surface area contributed by atoms with Crippen molar-refractivity contribution in [3.8, 4) is 0 Å². The van der Waals surface area contributed by atoms with Crippen molar-refractivity contribution in [2.24, 2.45) is 5.92 Å². The van der Waals surface area contributed by atoms with Crippen LogP contribution in [0.5, 0.6) is 0 Å². The molecular weight excluding hydrogens is 267 g/mol. The molecule has 0 bridgehead atoms.